The summed E-state index contributed by atoms with van der Waals surface area (Å²) in [6.07, 6.45) is 1.52. The molecule has 1 saturated heterocycles. The third-order valence-electron chi connectivity index (χ3n) is 5.46. The van der Waals surface area contributed by atoms with Crippen LogP contribution in [0.15, 0.2) is 47.4 Å². The fraction of sp³-hybridized carbons (Fsp3) is 0.409. The first-order valence-corrected chi connectivity index (χ1v) is 11.2. The molecule has 0 aliphatic carbocycles. The molecule has 1 fully saturated rings. The zero-order valence-electron chi connectivity index (χ0n) is 17.1. The molecule has 0 spiro atoms. The topological polar surface area (TPSA) is 75.7 Å². The molecule has 1 amide bonds. The van der Waals surface area contributed by atoms with Crippen LogP contribution in [-0.2, 0) is 21.2 Å². The number of hydrogen-bond donors (Lipinski definition) is 1. The van der Waals surface area contributed by atoms with Crippen molar-refractivity contribution in [2.45, 2.75) is 44.0 Å². The van der Waals surface area contributed by atoms with Crippen molar-refractivity contribution in [2.75, 3.05) is 20.2 Å². The molecule has 29 heavy (non-hydrogen) atoms. The van der Waals surface area contributed by atoms with Crippen molar-refractivity contribution >= 4 is 15.9 Å². The zero-order chi connectivity index (χ0) is 21.0. The molecule has 0 saturated carbocycles. The van der Waals surface area contributed by atoms with Crippen LogP contribution in [0.5, 0.6) is 5.75 Å². The lowest BCUT2D eigenvalue weighted by molar-refractivity contribution is -0.121. The normalized spacial score (nSPS) is 15.8. The number of hydrogen-bond acceptors (Lipinski definition) is 4. The Kier molecular flexibility index (Phi) is 6.59. The number of amides is 1. The number of carbonyl (C=O) groups is 1. The Morgan fingerprint density at radius 3 is 2.31 bits per heavy atom. The van der Waals surface area contributed by atoms with Gasteiger partial charge < -0.3 is 10.1 Å². The van der Waals surface area contributed by atoms with Crippen LogP contribution in [0.3, 0.4) is 0 Å². The van der Waals surface area contributed by atoms with Gasteiger partial charge in [0.15, 0.2) is 0 Å². The van der Waals surface area contributed by atoms with Crippen molar-refractivity contribution in [1.82, 2.24) is 9.62 Å². The summed E-state index contributed by atoms with van der Waals surface area (Å²) < 4.78 is 32.4. The van der Waals surface area contributed by atoms with E-state index in [0.29, 0.717) is 37.2 Å². The van der Waals surface area contributed by atoms with E-state index in [0.717, 1.165) is 22.4 Å². The second kappa shape index (κ2) is 8.97. The van der Waals surface area contributed by atoms with Crippen LogP contribution in [0.1, 0.15) is 29.5 Å². The minimum absolute atomic E-state index is 0.00745. The molecule has 2 aromatic carbocycles. The number of sulfonamides is 1. The molecule has 7 heteroatoms. The van der Waals surface area contributed by atoms with Crippen molar-refractivity contribution in [3.05, 3.63) is 59.2 Å². The number of nitrogens with one attached hydrogen (secondary N) is 1. The minimum Gasteiger partial charge on any atom is -0.497 e. The molecule has 1 aliphatic rings. The standard InChI is InChI=1S/C22H28N2O4S/c1-16-4-9-21(14-17(16)2)29(26,27)24-12-10-19(11-13-24)23-22(25)15-18-5-7-20(28-3)8-6-18/h4-9,14,19H,10-13,15H2,1-3H3,(H,23,25). The molecule has 0 bridgehead atoms. The predicted molar refractivity (Wildman–Crippen MR) is 113 cm³/mol. The van der Waals surface area contributed by atoms with Gasteiger partial charge in [-0.05, 0) is 67.6 Å². The highest BCUT2D eigenvalue weighted by molar-refractivity contribution is 7.89. The number of nitrogens with zero attached hydrogens (tertiary/aromatic N) is 1. The van der Waals surface area contributed by atoms with Gasteiger partial charge >= 0.3 is 0 Å². The van der Waals surface area contributed by atoms with Gasteiger partial charge in [0.05, 0.1) is 18.4 Å². The van der Waals surface area contributed by atoms with Crippen LogP contribution in [0.25, 0.3) is 0 Å². The lowest BCUT2D eigenvalue weighted by Crippen LogP contribution is -2.46. The van der Waals surface area contributed by atoms with Crippen molar-refractivity contribution < 1.29 is 17.9 Å². The molecular weight excluding hydrogens is 388 g/mol. The van der Waals surface area contributed by atoms with Crippen molar-refractivity contribution in [2.24, 2.45) is 0 Å². The second-order valence-electron chi connectivity index (χ2n) is 7.52. The Morgan fingerprint density at radius 2 is 1.72 bits per heavy atom. The van der Waals surface area contributed by atoms with Crippen LogP contribution in [0, 0.1) is 13.8 Å². The summed E-state index contributed by atoms with van der Waals surface area (Å²) in [5.74, 6) is 0.706. The highest BCUT2D eigenvalue weighted by atomic mass is 32.2. The fourth-order valence-electron chi connectivity index (χ4n) is 3.47. The molecule has 0 radical (unpaired) electrons. The molecule has 2 aromatic rings. The third kappa shape index (κ3) is 5.16. The number of carbonyl (C=O) groups excluding carboxylic acids is 1. The van der Waals surface area contributed by atoms with E-state index in [1.165, 1.54) is 4.31 Å². The molecule has 1 aliphatic heterocycles. The monoisotopic (exact) mass is 416 g/mol. The Hall–Kier alpha value is -2.38. The van der Waals surface area contributed by atoms with E-state index in [-0.39, 0.29) is 11.9 Å². The summed E-state index contributed by atoms with van der Waals surface area (Å²) in [6, 6.07) is 12.6. The van der Waals surface area contributed by atoms with E-state index >= 15 is 0 Å². The van der Waals surface area contributed by atoms with E-state index in [1.54, 1.807) is 19.2 Å². The van der Waals surface area contributed by atoms with E-state index in [2.05, 4.69) is 5.32 Å². The first-order chi connectivity index (χ1) is 13.8. The SMILES string of the molecule is COc1ccc(CC(=O)NC2CCN(S(=O)(=O)c3ccc(C)c(C)c3)CC2)cc1. The summed E-state index contributed by atoms with van der Waals surface area (Å²) in [4.78, 5) is 12.7. The third-order valence-corrected chi connectivity index (χ3v) is 7.35. The van der Waals surface area contributed by atoms with Crippen molar-refractivity contribution in [3.63, 3.8) is 0 Å². The second-order valence-corrected chi connectivity index (χ2v) is 9.45. The van der Waals surface area contributed by atoms with E-state index in [4.69, 9.17) is 4.74 Å². The van der Waals surface area contributed by atoms with Crippen LogP contribution < -0.4 is 10.1 Å². The average molecular weight is 417 g/mol. The molecule has 3 rings (SSSR count). The first kappa shape index (κ1) is 21.3. The molecule has 1 heterocycles. The van der Waals surface area contributed by atoms with Gasteiger partial charge in [0.1, 0.15) is 5.75 Å². The van der Waals surface area contributed by atoms with Crippen molar-refractivity contribution in [3.8, 4) is 5.75 Å². The number of benzene rings is 2. The number of aryl methyl sites for hydroxylation is 2. The lowest BCUT2D eigenvalue weighted by atomic mass is 10.1. The summed E-state index contributed by atoms with van der Waals surface area (Å²) in [6.45, 7) is 4.69. The van der Waals surface area contributed by atoms with Gasteiger partial charge in [0.2, 0.25) is 15.9 Å². The van der Waals surface area contributed by atoms with E-state index < -0.39 is 10.0 Å². The summed E-state index contributed by atoms with van der Waals surface area (Å²) in [5.41, 5.74) is 2.95. The maximum Gasteiger partial charge on any atom is 0.243 e. The summed E-state index contributed by atoms with van der Waals surface area (Å²) in [7, 11) is -1.89. The van der Waals surface area contributed by atoms with E-state index in [1.807, 2.05) is 44.2 Å². The Balaban J connectivity index is 1.54. The van der Waals surface area contributed by atoms with Gasteiger partial charge in [-0.2, -0.15) is 4.31 Å². The molecule has 0 aromatic heterocycles. The molecule has 6 nitrogen and oxygen atoms in total. The smallest absolute Gasteiger partial charge is 0.243 e. The van der Waals surface area contributed by atoms with Gasteiger partial charge in [-0.3, -0.25) is 4.79 Å². The Labute approximate surface area is 172 Å². The quantitative estimate of drug-likeness (QED) is 0.786. The molecule has 156 valence electrons. The first-order valence-electron chi connectivity index (χ1n) is 9.79. The van der Waals surface area contributed by atoms with Crippen LogP contribution >= 0.6 is 0 Å². The average Bonchev–Trinajstić information content (AvgIpc) is 2.71. The van der Waals surface area contributed by atoms with Crippen LogP contribution in [0.4, 0.5) is 0 Å². The Morgan fingerprint density at radius 1 is 1.07 bits per heavy atom. The van der Waals surface area contributed by atoms with Gasteiger partial charge in [-0.1, -0.05) is 18.2 Å². The van der Waals surface area contributed by atoms with Gasteiger partial charge in [-0.15, -0.1) is 0 Å². The molecular formula is C22H28N2O4S. The zero-order valence-corrected chi connectivity index (χ0v) is 18.0. The van der Waals surface area contributed by atoms with Gasteiger partial charge in [0, 0.05) is 19.1 Å². The lowest BCUT2D eigenvalue weighted by Gasteiger charge is -2.31. The molecule has 0 unspecified atom stereocenters. The largest absolute Gasteiger partial charge is 0.497 e. The Bertz CT molecular complexity index is 963. The maximum atomic E-state index is 12.9. The molecule has 0 atom stereocenters. The number of piperidine rings is 1. The number of ether oxygens (including phenoxy) is 1. The fourth-order valence-corrected chi connectivity index (χ4v) is 5.03. The van der Waals surface area contributed by atoms with Gasteiger partial charge in [-0.25, -0.2) is 8.42 Å². The highest BCUT2D eigenvalue weighted by Crippen LogP contribution is 2.23. The molecule has 1 N–H and O–H groups in total. The number of rotatable bonds is 6. The summed E-state index contributed by atoms with van der Waals surface area (Å²) >= 11 is 0. The highest BCUT2D eigenvalue weighted by Gasteiger charge is 2.30. The predicted octanol–water partition coefficient (Wildman–Crippen LogP) is 2.82. The summed E-state index contributed by atoms with van der Waals surface area (Å²) in [5, 5.41) is 3.03. The number of methoxy groups -OCH3 is 1. The maximum absolute atomic E-state index is 12.9. The van der Waals surface area contributed by atoms with Crippen LogP contribution in [0.2, 0.25) is 0 Å². The van der Waals surface area contributed by atoms with Gasteiger partial charge in [0.25, 0.3) is 0 Å². The van der Waals surface area contributed by atoms with Crippen LogP contribution in [-0.4, -0.2) is 44.9 Å². The minimum atomic E-state index is -3.50. The van der Waals surface area contributed by atoms with E-state index in [9.17, 15) is 13.2 Å². The van der Waals surface area contributed by atoms with Crippen molar-refractivity contribution in [1.29, 1.82) is 0 Å².